The molecule has 1 atom stereocenters. The van der Waals surface area contributed by atoms with Gasteiger partial charge >= 0.3 is 0 Å². The number of aromatic hydroxyl groups is 1. The van der Waals surface area contributed by atoms with Gasteiger partial charge in [0, 0.05) is 37.4 Å². The van der Waals surface area contributed by atoms with Gasteiger partial charge in [-0.2, -0.15) is 10.1 Å². The van der Waals surface area contributed by atoms with E-state index in [0.29, 0.717) is 47.4 Å². The molecule has 1 fully saturated rings. The average Bonchev–Trinajstić information content (AvgIpc) is 3.49. The number of nitrogens with zero attached hydrogens (tertiary/aromatic N) is 3. The molecular formula is C29H32N6O4. The molecule has 0 radical (unpaired) electrons. The van der Waals surface area contributed by atoms with Crippen molar-refractivity contribution >= 4 is 22.6 Å². The molecule has 6 rings (SSSR count). The van der Waals surface area contributed by atoms with E-state index in [9.17, 15) is 9.90 Å². The zero-order valence-electron chi connectivity index (χ0n) is 21.9. The molecule has 202 valence electrons. The Bertz CT molecular complexity index is 1600. The van der Waals surface area contributed by atoms with Crippen molar-refractivity contribution in [3.63, 3.8) is 0 Å². The van der Waals surface area contributed by atoms with Crippen LogP contribution in [0.4, 0.5) is 5.95 Å². The molecule has 1 aliphatic carbocycles. The van der Waals surface area contributed by atoms with Gasteiger partial charge in [-0.3, -0.25) is 14.9 Å². The number of nitrogens with two attached hydrogens (primary N) is 1. The van der Waals surface area contributed by atoms with Gasteiger partial charge in [0.05, 0.1) is 12.3 Å². The van der Waals surface area contributed by atoms with Gasteiger partial charge in [-0.25, -0.2) is 0 Å². The summed E-state index contributed by atoms with van der Waals surface area (Å²) < 4.78 is 10.7. The van der Waals surface area contributed by atoms with Crippen LogP contribution in [0.1, 0.15) is 41.3 Å². The van der Waals surface area contributed by atoms with Crippen molar-refractivity contribution in [1.29, 1.82) is 0 Å². The van der Waals surface area contributed by atoms with Crippen LogP contribution < -0.4 is 20.9 Å². The zero-order chi connectivity index (χ0) is 27.1. The van der Waals surface area contributed by atoms with Crippen LogP contribution >= 0.6 is 0 Å². The van der Waals surface area contributed by atoms with Crippen molar-refractivity contribution in [2.75, 3.05) is 38.3 Å². The lowest BCUT2D eigenvalue weighted by Gasteiger charge is -2.42. The second-order valence-electron chi connectivity index (χ2n) is 10.4. The summed E-state index contributed by atoms with van der Waals surface area (Å²) >= 11 is 0. The second-order valence-corrected chi connectivity index (χ2v) is 10.4. The number of methoxy groups -OCH3 is 1. The highest BCUT2D eigenvalue weighted by Crippen LogP contribution is 2.50. The molecule has 0 bridgehead atoms. The van der Waals surface area contributed by atoms with E-state index >= 15 is 0 Å². The van der Waals surface area contributed by atoms with Gasteiger partial charge in [-0.1, -0.05) is 30.8 Å². The van der Waals surface area contributed by atoms with Crippen molar-refractivity contribution in [3.05, 3.63) is 81.8 Å². The number of ether oxygens (including phenoxy) is 2. The summed E-state index contributed by atoms with van der Waals surface area (Å²) in [4.78, 5) is 23.0. The van der Waals surface area contributed by atoms with Gasteiger partial charge in [0.25, 0.3) is 5.56 Å². The van der Waals surface area contributed by atoms with Crippen LogP contribution in [0.3, 0.4) is 0 Å². The Balaban J connectivity index is 1.23. The molecule has 1 spiro atoms. The fourth-order valence-electron chi connectivity index (χ4n) is 5.98. The molecule has 2 aliphatic rings. The quantitative estimate of drug-likeness (QED) is 0.268. The monoisotopic (exact) mass is 528 g/mol. The first-order chi connectivity index (χ1) is 18.9. The van der Waals surface area contributed by atoms with Crippen molar-refractivity contribution in [3.8, 4) is 11.5 Å². The first-order valence-electron chi connectivity index (χ1n) is 13.1. The maximum Gasteiger partial charge on any atom is 0.264 e. The number of H-pyrrole nitrogens is 2. The van der Waals surface area contributed by atoms with Crippen LogP contribution in [0, 0.1) is 5.41 Å². The van der Waals surface area contributed by atoms with E-state index in [0.717, 1.165) is 32.4 Å². The fourth-order valence-corrected chi connectivity index (χ4v) is 5.98. The largest absolute Gasteiger partial charge is 0.507 e. The molecule has 4 aromatic rings. The third-order valence-electron chi connectivity index (χ3n) is 8.21. The second kappa shape index (κ2) is 9.87. The van der Waals surface area contributed by atoms with E-state index in [4.69, 9.17) is 15.2 Å². The minimum absolute atomic E-state index is 0.0115. The standard InChI is InChI=1S/C29H32N6O4/c1-17(21-15-19(7-8-22(21)36)39-14-13-38-2)24-23-26(34-33-24)31-28(32-27(23)37)35-11-9-29(10-12-35)16-18-5-3-4-6-20(18)25(29)30/h3-8,15,25,36H,1,9-14,16,30H2,2H3,(H2,31,32,33,34,37)/t25-/m1/s1. The smallest absolute Gasteiger partial charge is 0.264 e. The maximum atomic E-state index is 13.3. The Labute approximate surface area is 225 Å². The van der Waals surface area contributed by atoms with Crippen LogP contribution in [-0.2, 0) is 11.2 Å². The van der Waals surface area contributed by atoms with Crippen molar-refractivity contribution in [2.45, 2.75) is 25.3 Å². The SMILES string of the molecule is C=C(c1cc(OCCOC)ccc1O)c1[nH]nc2nc(N3CCC4(CC3)Cc3ccccc3[C@H]4N)[nH]c(=O)c12. The number of aromatic nitrogens is 4. The van der Waals surface area contributed by atoms with Gasteiger partial charge in [0.2, 0.25) is 5.95 Å². The lowest BCUT2D eigenvalue weighted by atomic mass is 9.73. The number of hydrogen-bond acceptors (Lipinski definition) is 8. The molecule has 0 amide bonds. The predicted molar refractivity (Wildman–Crippen MR) is 149 cm³/mol. The first-order valence-corrected chi connectivity index (χ1v) is 13.1. The molecular weight excluding hydrogens is 496 g/mol. The number of benzene rings is 2. The number of phenolic OH excluding ortho intramolecular Hbond substituents is 1. The summed E-state index contributed by atoms with van der Waals surface area (Å²) in [7, 11) is 1.60. The summed E-state index contributed by atoms with van der Waals surface area (Å²) in [6.07, 6.45) is 2.81. The van der Waals surface area contributed by atoms with Crippen LogP contribution in [0.15, 0.2) is 53.8 Å². The Morgan fingerprint density at radius 1 is 1.23 bits per heavy atom. The summed E-state index contributed by atoms with van der Waals surface area (Å²) in [6, 6.07) is 13.3. The van der Waals surface area contributed by atoms with Crippen molar-refractivity contribution in [1.82, 2.24) is 20.2 Å². The highest BCUT2D eigenvalue weighted by molar-refractivity contribution is 5.93. The maximum absolute atomic E-state index is 13.3. The molecule has 2 aromatic carbocycles. The predicted octanol–water partition coefficient (Wildman–Crippen LogP) is 3.28. The van der Waals surface area contributed by atoms with Gasteiger partial charge in [0.15, 0.2) is 5.65 Å². The molecule has 1 aliphatic heterocycles. The third-order valence-corrected chi connectivity index (χ3v) is 8.21. The number of nitrogens with one attached hydrogen (secondary N) is 2. The minimum Gasteiger partial charge on any atom is -0.507 e. The van der Waals surface area contributed by atoms with Crippen molar-refractivity contribution < 1.29 is 14.6 Å². The summed E-state index contributed by atoms with van der Waals surface area (Å²) in [5.74, 6) is 1.05. The number of anilines is 1. The minimum atomic E-state index is -0.322. The van der Waals surface area contributed by atoms with E-state index in [2.05, 4.69) is 55.9 Å². The Hall–Kier alpha value is -4.15. The molecule has 39 heavy (non-hydrogen) atoms. The van der Waals surface area contributed by atoms with Gasteiger partial charge < -0.3 is 25.2 Å². The van der Waals surface area contributed by atoms with Crippen LogP contribution in [0.5, 0.6) is 11.5 Å². The Morgan fingerprint density at radius 2 is 2.03 bits per heavy atom. The molecule has 5 N–H and O–H groups in total. The number of phenols is 1. The molecule has 10 heteroatoms. The Morgan fingerprint density at radius 3 is 2.79 bits per heavy atom. The number of hydrogen-bond donors (Lipinski definition) is 4. The number of aromatic amines is 2. The van der Waals surface area contributed by atoms with E-state index in [1.807, 2.05) is 0 Å². The first kappa shape index (κ1) is 25.1. The summed E-state index contributed by atoms with van der Waals surface area (Å²) in [5, 5.41) is 18.0. The molecule has 3 heterocycles. The molecule has 10 nitrogen and oxygen atoms in total. The number of fused-ring (bicyclic) bond motifs is 2. The van der Waals surface area contributed by atoms with Crippen LogP contribution in [-0.4, -0.2) is 58.7 Å². The van der Waals surface area contributed by atoms with E-state index in [1.165, 1.54) is 17.2 Å². The third kappa shape index (κ3) is 4.35. The lowest BCUT2D eigenvalue weighted by molar-refractivity contribution is 0.146. The zero-order valence-corrected chi connectivity index (χ0v) is 21.9. The van der Waals surface area contributed by atoms with Gasteiger partial charge in [0.1, 0.15) is 23.5 Å². The number of rotatable bonds is 7. The van der Waals surface area contributed by atoms with E-state index in [1.54, 1.807) is 19.2 Å². The Kier molecular flexibility index (Phi) is 6.36. The van der Waals surface area contributed by atoms with Crippen molar-refractivity contribution in [2.24, 2.45) is 11.1 Å². The van der Waals surface area contributed by atoms with Gasteiger partial charge in [-0.15, -0.1) is 0 Å². The molecule has 1 saturated heterocycles. The van der Waals surface area contributed by atoms with Crippen LogP contribution in [0.25, 0.3) is 16.6 Å². The van der Waals surface area contributed by atoms with E-state index in [-0.39, 0.29) is 28.2 Å². The van der Waals surface area contributed by atoms with Crippen LogP contribution in [0.2, 0.25) is 0 Å². The topological polar surface area (TPSA) is 142 Å². The summed E-state index contributed by atoms with van der Waals surface area (Å²) in [6.45, 7) is 6.40. The highest BCUT2D eigenvalue weighted by atomic mass is 16.5. The molecule has 0 saturated carbocycles. The normalized spacial score (nSPS) is 18.0. The highest BCUT2D eigenvalue weighted by Gasteiger charge is 2.46. The molecule has 2 aromatic heterocycles. The lowest BCUT2D eigenvalue weighted by Crippen LogP contribution is -2.45. The molecule has 0 unspecified atom stereocenters. The summed E-state index contributed by atoms with van der Waals surface area (Å²) in [5.41, 5.74) is 10.5. The van der Waals surface area contributed by atoms with E-state index < -0.39 is 0 Å². The number of piperidine rings is 1. The fraction of sp³-hybridized carbons (Fsp3) is 0.345. The van der Waals surface area contributed by atoms with Gasteiger partial charge in [-0.05, 0) is 54.0 Å². The average molecular weight is 529 g/mol.